The summed E-state index contributed by atoms with van der Waals surface area (Å²) in [7, 11) is 0. The molecule has 15 heavy (non-hydrogen) atoms. The highest BCUT2D eigenvalue weighted by molar-refractivity contribution is 5.42. The lowest BCUT2D eigenvalue weighted by Gasteiger charge is -2.04. The molecule has 1 aliphatic carbocycles. The van der Waals surface area contributed by atoms with E-state index in [9.17, 15) is 0 Å². The number of aromatic nitrogens is 1. The van der Waals surface area contributed by atoms with Gasteiger partial charge >= 0.3 is 0 Å². The molecule has 0 saturated heterocycles. The first kappa shape index (κ1) is 9.97. The van der Waals surface area contributed by atoms with Crippen LogP contribution >= 0.6 is 0 Å². The van der Waals surface area contributed by atoms with Crippen molar-refractivity contribution in [3.63, 3.8) is 0 Å². The molecular formula is C12H15N3. The second kappa shape index (κ2) is 4.79. The Kier molecular flexibility index (Phi) is 3.18. The summed E-state index contributed by atoms with van der Waals surface area (Å²) in [6.07, 6.45) is 7.03. The van der Waals surface area contributed by atoms with E-state index in [2.05, 4.69) is 16.4 Å². The van der Waals surface area contributed by atoms with Crippen LogP contribution in [-0.4, -0.2) is 11.5 Å². The summed E-state index contributed by atoms with van der Waals surface area (Å²) in [6, 6.07) is 5.61. The summed E-state index contributed by atoms with van der Waals surface area (Å²) < 4.78 is 0. The van der Waals surface area contributed by atoms with E-state index in [1.165, 1.54) is 25.7 Å². The quantitative estimate of drug-likeness (QED) is 0.745. The van der Waals surface area contributed by atoms with E-state index >= 15 is 0 Å². The van der Waals surface area contributed by atoms with Crippen LogP contribution < -0.4 is 5.32 Å². The van der Waals surface area contributed by atoms with Gasteiger partial charge in [0.15, 0.2) is 0 Å². The molecule has 1 heterocycles. The van der Waals surface area contributed by atoms with Crippen molar-refractivity contribution in [2.24, 2.45) is 5.92 Å². The third-order valence-corrected chi connectivity index (χ3v) is 2.68. The van der Waals surface area contributed by atoms with Crippen LogP contribution in [0.4, 0.5) is 5.82 Å². The number of nitrogens with one attached hydrogen (secondary N) is 1. The number of nitrogens with zero attached hydrogens (tertiary/aromatic N) is 2. The number of anilines is 1. The van der Waals surface area contributed by atoms with Crippen LogP contribution in [0.5, 0.6) is 0 Å². The van der Waals surface area contributed by atoms with Gasteiger partial charge in [0.25, 0.3) is 0 Å². The molecule has 0 bridgehead atoms. The molecule has 1 aromatic rings. The third-order valence-electron chi connectivity index (χ3n) is 2.68. The van der Waals surface area contributed by atoms with Crippen LogP contribution in [0, 0.1) is 17.2 Å². The van der Waals surface area contributed by atoms with Gasteiger partial charge in [0.1, 0.15) is 5.82 Å². The Bertz CT molecular complexity index is 363. The molecule has 3 heteroatoms. The zero-order valence-corrected chi connectivity index (χ0v) is 8.74. The standard InChI is InChI=1S/C12H15N3/c13-9-11-5-7-15-12(8-11)14-6-1-2-10-3-4-10/h5,7-8,10H,1-4,6H2,(H,14,15). The maximum absolute atomic E-state index is 8.71. The largest absolute Gasteiger partial charge is 0.370 e. The normalized spacial score (nSPS) is 14.6. The van der Waals surface area contributed by atoms with Gasteiger partial charge in [-0.05, 0) is 30.9 Å². The molecule has 0 radical (unpaired) electrons. The predicted molar refractivity (Wildman–Crippen MR) is 59.4 cm³/mol. The molecule has 0 unspecified atom stereocenters. The maximum Gasteiger partial charge on any atom is 0.127 e. The van der Waals surface area contributed by atoms with Crippen molar-refractivity contribution >= 4 is 5.82 Å². The van der Waals surface area contributed by atoms with E-state index < -0.39 is 0 Å². The highest BCUT2D eigenvalue weighted by Gasteiger charge is 2.19. The first-order valence-corrected chi connectivity index (χ1v) is 5.48. The average Bonchev–Trinajstić information content (AvgIpc) is 3.09. The molecule has 3 nitrogen and oxygen atoms in total. The smallest absolute Gasteiger partial charge is 0.127 e. The van der Waals surface area contributed by atoms with E-state index in [4.69, 9.17) is 5.26 Å². The Morgan fingerprint density at radius 1 is 1.53 bits per heavy atom. The van der Waals surface area contributed by atoms with Crippen molar-refractivity contribution in [2.75, 3.05) is 11.9 Å². The summed E-state index contributed by atoms with van der Waals surface area (Å²) in [5, 5.41) is 11.9. The number of hydrogen-bond acceptors (Lipinski definition) is 3. The Morgan fingerprint density at radius 3 is 3.13 bits per heavy atom. The van der Waals surface area contributed by atoms with Gasteiger partial charge in [-0.2, -0.15) is 5.26 Å². The average molecular weight is 201 g/mol. The summed E-state index contributed by atoms with van der Waals surface area (Å²) >= 11 is 0. The Morgan fingerprint density at radius 2 is 2.40 bits per heavy atom. The van der Waals surface area contributed by atoms with E-state index in [-0.39, 0.29) is 0 Å². The van der Waals surface area contributed by atoms with Gasteiger partial charge in [0, 0.05) is 12.7 Å². The van der Waals surface area contributed by atoms with E-state index in [1.807, 2.05) is 0 Å². The van der Waals surface area contributed by atoms with Crippen molar-refractivity contribution in [3.8, 4) is 6.07 Å². The van der Waals surface area contributed by atoms with Gasteiger partial charge in [0.05, 0.1) is 11.6 Å². The first-order valence-electron chi connectivity index (χ1n) is 5.48. The highest BCUT2D eigenvalue weighted by Crippen LogP contribution is 2.33. The molecule has 0 amide bonds. The van der Waals surface area contributed by atoms with Gasteiger partial charge in [-0.25, -0.2) is 4.98 Å². The number of pyridine rings is 1. The third kappa shape index (κ3) is 3.25. The maximum atomic E-state index is 8.71. The van der Waals surface area contributed by atoms with Crippen molar-refractivity contribution in [2.45, 2.75) is 25.7 Å². The molecule has 0 aliphatic heterocycles. The molecule has 1 saturated carbocycles. The van der Waals surface area contributed by atoms with Gasteiger partial charge in [-0.3, -0.25) is 0 Å². The summed E-state index contributed by atoms with van der Waals surface area (Å²) in [5.41, 5.74) is 0.662. The molecule has 0 aromatic carbocycles. The molecule has 1 aliphatic rings. The van der Waals surface area contributed by atoms with Gasteiger partial charge < -0.3 is 5.32 Å². The van der Waals surface area contributed by atoms with Crippen molar-refractivity contribution in [1.82, 2.24) is 4.98 Å². The molecule has 1 aromatic heterocycles. The lowest BCUT2D eigenvalue weighted by molar-refractivity contribution is 0.686. The molecular weight excluding hydrogens is 186 g/mol. The topological polar surface area (TPSA) is 48.7 Å². The monoisotopic (exact) mass is 201 g/mol. The Labute approximate surface area is 90.1 Å². The van der Waals surface area contributed by atoms with Crippen molar-refractivity contribution in [3.05, 3.63) is 23.9 Å². The number of hydrogen-bond donors (Lipinski definition) is 1. The summed E-state index contributed by atoms with van der Waals surface area (Å²) in [4.78, 5) is 4.16. The van der Waals surface area contributed by atoms with Gasteiger partial charge in [-0.1, -0.05) is 12.8 Å². The van der Waals surface area contributed by atoms with Crippen LogP contribution in [-0.2, 0) is 0 Å². The molecule has 1 N–H and O–H groups in total. The zero-order chi connectivity index (χ0) is 10.5. The fraction of sp³-hybridized carbons (Fsp3) is 0.500. The molecule has 78 valence electrons. The van der Waals surface area contributed by atoms with Crippen LogP contribution in [0.2, 0.25) is 0 Å². The van der Waals surface area contributed by atoms with E-state index in [1.54, 1.807) is 18.3 Å². The zero-order valence-electron chi connectivity index (χ0n) is 8.74. The minimum Gasteiger partial charge on any atom is -0.370 e. The van der Waals surface area contributed by atoms with Crippen molar-refractivity contribution in [1.29, 1.82) is 5.26 Å². The predicted octanol–water partition coefficient (Wildman–Crippen LogP) is 2.56. The Balaban J connectivity index is 1.74. The number of nitriles is 1. The Hall–Kier alpha value is -1.56. The minimum atomic E-state index is 0.662. The minimum absolute atomic E-state index is 0.662. The fourth-order valence-electron chi connectivity index (χ4n) is 1.61. The van der Waals surface area contributed by atoms with Gasteiger partial charge in [0.2, 0.25) is 0 Å². The van der Waals surface area contributed by atoms with Crippen LogP contribution in [0.15, 0.2) is 18.3 Å². The molecule has 0 atom stereocenters. The fourth-order valence-corrected chi connectivity index (χ4v) is 1.61. The highest BCUT2D eigenvalue weighted by atomic mass is 15.0. The lowest BCUT2D eigenvalue weighted by atomic mass is 10.2. The number of rotatable bonds is 5. The lowest BCUT2D eigenvalue weighted by Crippen LogP contribution is -2.03. The van der Waals surface area contributed by atoms with Crippen LogP contribution in [0.3, 0.4) is 0 Å². The molecule has 2 rings (SSSR count). The molecule has 1 fully saturated rings. The summed E-state index contributed by atoms with van der Waals surface area (Å²) in [6.45, 7) is 0.957. The summed E-state index contributed by atoms with van der Waals surface area (Å²) in [5.74, 6) is 1.80. The first-order chi connectivity index (χ1) is 7.38. The van der Waals surface area contributed by atoms with Crippen LogP contribution in [0.1, 0.15) is 31.2 Å². The second-order valence-electron chi connectivity index (χ2n) is 4.05. The second-order valence-corrected chi connectivity index (χ2v) is 4.05. The molecule has 0 spiro atoms. The van der Waals surface area contributed by atoms with E-state index in [0.29, 0.717) is 5.56 Å². The SMILES string of the molecule is N#Cc1ccnc(NCCCC2CC2)c1. The van der Waals surface area contributed by atoms with Gasteiger partial charge in [-0.15, -0.1) is 0 Å². The van der Waals surface area contributed by atoms with E-state index in [0.717, 1.165) is 18.3 Å². The van der Waals surface area contributed by atoms with Crippen LogP contribution in [0.25, 0.3) is 0 Å². The van der Waals surface area contributed by atoms with Crippen molar-refractivity contribution < 1.29 is 0 Å².